The average molecular weight is 255 g/mol. The molecule has 2 aromatic rings. The van der Waals surface area contributed by atoms with Crippen molar-refractivity contribution in [2.75, 3.05) is 6.61 Å². The lowest BCUT2D eigenvalue weighted by Gasteiger charge is -2.09. The van der Waals surface area contributed by atoms with E-state index in [4.69, 9.17) is 16.7 Å². The minimum absolute atomic E-state index is 0.0962. The van der Waals surface area contributed by atoms with Gasteiger partial charge < -0.3 is 5.11 Å². The quantitative estimate of drug-likeness (QED) is 0.856. The maximum atomic E-state index is 9.03. The Morgan fingerprint density at radius 3 is 2.69 bits per heavy atom. The Bertz CT molecular complexity index is 506. The molecule has 0 aliphatic carbocycles. The van der Waals surface area contributed by atoms with Crippen molar-refractivity contribution >= 4 is 34.1 Å². The zero-order chi connectivity index (χ0) is 11.5. The highest BCUT2D eigenvalue weighted by Crippen LogP contribution is 2.30. The van der Waals surface area contributed by atoms with E-state index in [9.17, 15) is 0 Å². The molecule has 5 heteroatoms. The maximum absolute atomic E-state index is 9.03. The van der Waals surface area contributed by atoms with Crippen molar-refractivity contribution in [3.05, 3.63) is 29.4 Å². The van der Waals surface area contributed by atoms with Crippen LogP contribution in [0.2, 0.25) is 5.15 Å². The predicted octanol–water partition coefficient (Wildman–Crippen LogP) is 2.76. The van der Waals surface area contributed by atoms with Crippen LogP contribution in [0.1, 0.15) is 6.92 Å². The summed E-state index contributed by atoms with van der Waals surface area (Å²) in [4.78, 5) is 0. The number of benzene rings is 1. The van der Waals surface area contributed by atoms with Gasteiger partial charge in [-0.25, -0.2) is 0 Å². The highest BCUT2D eigenvalue weighted by molar-refractivity contribution is 8.00. The van der Waals surface area contributed by atoms with Crippen molar-refractivity contribution in [3.8, 4) is 0 Å². The molecule has 3 nitrogen and oxygen atoms in total. The molecule has 1 aromatic heterocycles. The first-order chi connectivity index (χ1) is 7.72. The van der Waals surface area contributed by atoms with Crippen molar-refractivity contribution in [2.45, 2.75) is 17.2 Å². The molecule has 0 amide bonds. The van der Waals surface area contributed by atoms with Crippen LogP contribution in [0.5, 0.6) is 0 Å². The Morgan fingerprint density at radius 1 is 1.31 bits per heavy atom. The maximum Gasteiger partial charge on any atom is 0.159 e. The van der Waals surface area contributed by atoms with Gasteiger partial charge in [-0.1, -0.05) is 54.6 Å². The van der Waals surface area contributed by atoms with Crippen LogP contribution in [0.3, 0.4) is 0 Å². The topological polar surface area (TPSA) is 46.0 Å². The Balaban J connectivity index is 2.50. The van der Waals surface area contributed by atoms with Gasteiger partial charge >= 0.3 is 0 Å². The third-order valence-electron chi connectivity index (χ3n) is 2.18. The Labute approximate surface area is 103 Å². The zero-order valence-corrected chi connectivity index (χ0v) is 10.3. The van der Waals surface area contributed by atoms with Crippen LogP contribution < -0.4 is 0 Å². The summed E-state index contributed by atoms with van der Waals surface area (Å²) in [5.41, 5.74) is 0. The highest BCUT2D eigenvalue weighted by Gasteiger charge is 2.10. The monoisotopic (exact) mass is 254 g/mol. The average Bonchev–Trinajstić information content (AvgIpc) is 2.33. The number of thioether (sulfide) groups is 1. The standard InChI is InChI=1S/C11H11ClN2OS/c1-7(6-15)16-11-9-5-3-2-4-8(9)10(12)13-14-11/h2-5,7,15H,6H2,1H3. The molecule has 0 saturated heterocycles. The van der Waals surface area contributed by atoms with Crippen LogP contribution in [0.4, 0.5) is 0 Å². The second kappa shape index (κ2) is 4.99. The Morgan fingerprint density at radius 2 is 2.00 bits per heavy atom. The van der Waals surface area contributed by atoms with E-state index in [-0.39, 0.29) is 11.9 Å². The molecular formula is C11H11ClN2OS. The van der Waals surface area contributed by atoms with Crippen molar-refractivity contribution in [1.29, 1.82) is 0 Å². The smallest absolute Gasteiger partial charge is 0.159 e. The van der Waals surface area contributed by atoms with Crippen molar-refractivity contribution < 1.29 is 5.11 Å². The first-order valence-corrected chi connectivity index (χ1v) is 6.16. The molecule has 0 aliphatic heterocycles. The number of fused-ring (bicyclic) bond motifs is 1. The molecule has 1 atom stereocenters. The number of rotatable bonds is 3. The molecule has 0 fully saturated rings. The first-order valence-electron chi connectivity index (χ1n) is 4.91. The second-order valence-corrected chi connectivity index (χ2v) is 5.24. The van der Waals surface area contributed by atoms with Gasteiger partial charge in [0.05, 0.1) is 6.61 Å². The van der Waals surface area contributed by atoms with Crippen LogP contribution in [-0.2, 0) is 0 Å². The molecule has 0 spiro atoms. The summed E-state index contributed by atoms with van der Waals surface area (Å²) in [6.07, 6.45) is 0. The van der Waals surface area contributed by atoms with Crippen molar-refractivity contribution in [1.82, 2.24) is 10.2 Å². The third kappa shape index (κ3) is 2.29. The molecule has 0 bridgehead atoms. The minimum Gasteiger partial charge on any atom is -0.395 e. The van der Waals surface area contributed by atoms with Crippen LogP contribution >= 0.6 is 23.4 Å². The molecule has 2 rings (SSSR count). The fourth-order valence-corrected chi connectivity index (χ4v) is 2.41. The van der Waals surface area contributed by atoms with Gasteiger partial charge in [0.15, 0.2) is 5.15 Å². The van der Waals surface area contributed by atoms with Gasteiger partial charge in [0.25, 0.3) is 0 Å². The van der Waals surface area contributed by atoms with Crippen molar-refractivity contribution in [3.63, 3.8) is 0 Å². The summed E-state index contributed by atoms with van der Waals surface area (Å²) in [5, 5.41) is 20.2. The minimum atomic E-state index is 0.0962. The number of aliphatic hydroxyl groups is 1. The van der Waals surface area contributed by atoms with Gasteiger partial charge in [0.2, 0.25) is 0 Å². The number of halogens is 1. The highest BCUT2D eigenvalue weighted by atomic mass is 35.5. The summed E-state index contributed by atoms with van der Waals surface area (Å²) in [6, 6.07) is 7.73. The number of nitrogens with zero attached hydrogens (tertiary/aromatic N) is 2. The van der Waals surface area contributed by atoms with E-state index in [0.717, 1.165) is 15.8 Å². The summed E-state index contributed by atoms with van der Waals surface area (Å²) in [6.45, 7) is 2.05. The van der Waals surface area contributed by atoms with Gasteiger partial charge in [0, 0.05) is 16.0 Å². The first kappa shape index (κ1) is 11.6. The number of aliphatic hydroxyl groups excluding tert-OH is 1. The number of aromatic nitrogens is 2. The van der Waals surface area contributed by atoms with E-state index in [1.165, 1.54) is 11.8 Å². The lowest BCUT2D eigenvalue weighted by atomic mass is 10.2. The van der Waals surface area contributed by atoms with Gasteiger partial charge in [0.1, 0.15) is 5.03 Å². The van der Waals surface area contributed by atoms with E-state index in [1.54, 1.807) is 0 Å². The third-order valence-corrected chi connectivity index (χ3v) is 3.53. The Kier molecular flexibility index (Phi) is 3.63. The molecule has 1 N–H and O–H groups in total. The molecule has 1 heterocycles. The van der Waals surface area contributed by atoms with Gasteiger partial charge in [-0.15, -0.1) is 10.2 Å². The number of hydrogen-bond acceptors (Lipinski definition) is 4. The molecule has 16 heavy (non-hydrogen) atoms. The number of hydrogen-bond donors (Lipinski definition) is 1. The molecular weight excluding hydrogens is 244 g/mol. The van der Waals surface area contributed by atoms with E-state index in [2.05, 4.69) is 10.2 Å². The summed E-state index contributed by atoms with van der Waals surface area (Å²) in [5.74, 6) is 0. The second-order valence-electron chi connectivity index (χ2n) is 3.45. The fourth-order valence-electron chi connectivity index (χ4n) is 1.36. The largest absolute Gasteiger partial charge is 0.395 e. The lowest BCUT2D eigenvalue weighted by molar-refractivity contribution is 0.300. The van der Waals surface area contributed by atoms with E-state index >= 15 is 0 Å². The molecule has 1 aromatic carbocycles. The molecule has 1 unspecified atom stereocenters. The molecule has 0 aliphatic rings. The lowest BCUT2D eigenvalue weighted by Crippen LogP contribution is -2.03. The summed E-state index contributed by atoms with van der Waals surface area (Å²) >= 11 is 7.47. The van der Waals surface area contributed by atoms with Gasteiger partial charge in [-0.2, -0.15) is 0 Å². The van der Waals surface area contributed by atoms with E-state index < -0.39 is 0 Å². The Hall–Kier alpha value is -0.840. The summed E-state index contributed by atoms with van der Waals surface area (Å²) < 4.78 is 0. The van der Waals surface area contributed by atoms with Gasteiger partial charge in [-0.05, 0) is 0 Å². The fraction of sp³-hybridized carbons (Fsp3) is 0.273. The predicted molar refractivity (Wildman–Crippen MR) is 67.0 cm³/mol. The summed E-state index contributed by atoms with van der Waals surface area (Å²) in [7, 11) is 0. The molecule has 0 radical (unpaired) electrons. The van der Waals surface area contributed by atoms with Crippen molar-refractivity contribution in [2.24, 2.45) is 0 Å². The van der Waals surface area contributed by atoms with Crippen LogP contribution in [0, 0.1) is 0 Å². The van der Waals surface area contributed by atoms with Crippen LogP contribution in [-0.4, -0.2) is 27.2 Å². The van der Waals surface area contributed by atoms with Gasteiger partial charge in [-0.3, -0.25) is 0 Å². The SMILES string of the molecule is CC(CO)Sc1nnc(Cl)c2ccccc12. The zero-order valence-electron chi connectivity index (χ0n) is 8.72. The molecule has 0 saturated carbocycles. The molecule has 84 valence electrons. The van der Waals surface area contributed by atoms with E-state index in [1.807, 2.05) is 31.2 Å². The van der Waals surface area contributed by atoms with E-state index in [0.29, 0.717) is 5.15 Å². The normalized spacial score (nSPS) is 12.9. The van der Waals surface area contributed by atoms with Crippen LogP contribution in [0.25, 0.3) is 10.8 Å². The van der Waals surface area contributed by atoms with Crippen LogP contribution in [0.15, 0.2) is 29.3 Å².